The highest BCUT2D eigenvalue weighted by molar-refractivity contribution is 6.62. The van der Waals surface area contributed by atoms with E-state index in [0.29, 0.717) is 12.1 Å². The lowest BCUT2D eigenvalue weighted by Crippen LogP contribution is -2.41. The number of nitrogens with one attached hydrogen (secondary N) is 1. The lowest BCUT2D eigenvalue weighted by atomic mass is 9.77. The summed E-state index contributed by atoms with van der Waals surface area (Å²) < 4.78 is 17.5. The SMILES string of the molecule is CC(C)(C)OC(=O)CNCc1cc(CC(=O)O)cc(B2OC(C)(C)C(C)(C)O2)c1. The molecule has 0 spiro atoms. The molecule has 0 atom stereocenters. The fourth-order valence-electron chi connectivity index (χ4n) is 2.97. The van der Waals surface area contributed by atoms with Gasteiger partial charge in [0.25, 0.3) is 0 Å². The van der Waals surface area contributed by atoms with Crippen molar-refractivity contribution in [2.24, 2.45) is 0 Å². The summed E-state index contributed by atoms with van der Waals surface area (Å²) in [6.45, 7) is 13.8. The Balaban J connectivity index is 2.15. The van der Waals surface area contributed by atoms with Crippen molar-refractivity contribution in [1.82, 2.24) is 5.32 Å². The van der Waals surface area contributed by atoms with Gasteiger partial charge in [-0.1, -0.05) is 18.2 Å². The molecule has 1 saturated heterocycles. The van der Waals surface area contributed by atoms with Gasteiger partial charge in [0, 0.05) is 6.54 Å². The van der Waals surface area contributed by atoms with E-state index in [4.69, 9.17) is 14.0 Å². The van der Waals surface area contributed by atoms with Gasteiger partial charge in [-0.25, -0.2) is 0 Å². The van der Waals surface area contributed by atoms with Crippen LogP contribution in [0.1, 0.15) is 59.6 Å². The van der Waals surface area contributed by atoms with E-state index in [9.17, 15) is 14.7 Å². The quantitative estimate of drug-likeness (QED) is 0.530. The maximum atomic E-state index is 11.9. The highest BCUT2D eigenvalue weighted by atomic mass is 16.7. The number of aliphatic carboxylic acids is 1. The monoisotopic (exact) mass is 405 g/mol. The molecule has 0 amide bonds. The lowest BCUT2D eigenvalue weighted by molar-refractivity contribution is -0.153. The number of benzene rings is 1. The first-order valence-corrected chi connectivity index (χ1v) is 9.81. The lowest BCUT2D eigenvalue weighted by Gasteiger charge is -2.32. The van der Waals surface area contributed by atoms with Crippen molar-refractivity contribution in [2.75, 3.05) is 6.54 Å². The summed E-state index contributed by atoms with van der Waals surface area (Å²) in [5.41, 5.74) is 0.738. The second-order valence-corrected chi connectivity index (χ2v) is 9.43. The molecule has 29 heavy (non-hydrogen) atoms. The van der Waals surface area contributed by atoms with Gasteiger partial charge in [-0.05, 0) is 65.1 Å². The average molecular weight is 405 g/mol. The number of carbonyl (C=O) groups excluding carboxylic acids is 1. The molecule has 1 aromatic carbocycles. The summed E-state index contributed by atoms with van der Waals surface area (Å²) in [7, 11) is -0.585. The summed E-state index contributed by atoms with van der Waals surface area (Å²) in [6, 6.07) is 5.52. The summed E-state index contributed by atoms with van der Waals surface area (Å²) in [5, 5.41) is 12.2. The number of hydrogen-bond donors (Lipinski definition) is 2. The van der Waals surface area contributed by atoms with Gasteiger partial charge in [-0.2, -0.15) is 0 Å². The molecule has 8 heteroatoms. The minimum atomic E-state index is -0.913. The van der Waals surface area contributed by atoms with Crippen LogP contribution in [-0.4, -0.2) is 47.5 Å². The van der Waals surface area contributed by atoms with Crippen molar-refractivity contribution >= 4 is 24.5 Å². The Bertz CT molecular complexity index is 753. The van der Waals surface area contributed by atoms with Crippen LogP contribution in [0, 0.1) is 0 Å². The number of hydrogen-bond acceptors (Lipinski definition) is 6. The molecule has 0 saturated carbocycles. The molecular weight excluding hydrogens is 373 g/mol. The van der Waals surface area contributed by atoms with Crippen molar-refractivity contribution in [2.45, 2.75) is 78.2 Å². The van der Waals surface area contributed by atoms with Gasteiger partial charge in [-0.15, -0.1) is 0 Å². The fraction of sp³-hybridized carbons (Fsp3) is 0.619. The zero-order valence-corrected chi connectivity index (χ0v) is 18.4. The minimum absolute atomic E-state index is 0.0618. The summed E-state index contributed by atoms with van der Waals surface area (Å²) in [4.78, 5) is 23.1. The fourth-order valence-corrected chi connectivity index (χ4v) is 2.97. The van der Waals surface area contributed by atoms with Crippen molar-refractivity contribution in [3.05, 3.63) is 29.3 Å². The maximum Gasteiger partial charge on any atom is 0.494 e. The van der Waals surface area contributed by atoms with E-state index in [1.54, 1.807) is 6.07 Å². The van der Waals surface area contributed by atoms with Gasteiger partial charge >= 0.3 is 19.1 Å². The first kappa shape index (κ1) is 23.4. The average Bonchev–Trinajstić information content (AvgIpc) is 2.73. The highest BCUT2D eigenvalue weighted by Gasteiger charge is 2.51. The van der Waals surface area contributed by atoms with Gasteiger partial charge in [0.2, 0.25) is 0 Å². The van der Waals surface area contributed by atoms with Gasteiger partial charge in [0.05, 0.1) is 24.2 Å². The highest BCUT2D eigenvalue weighted by Crippen LogP contribution is 2.36. The van der Waals surface area contributed by atoms with E-state index in [0.717, 1.165) is 11.0 Å². The minimum Gasteiger partial charge on any atom is -0.481 e. The van der Waals surface area contributed by atoms with E-state index >= 15 is 0 Å². The number of carbonyl (C=O) groups is 2. The molecule has 1 aromatic rings. The number of carboxylic acid groups (broad SMARTS) is 1. The van der Waals surface area contributed by atoms with Gasteiger partial charge in [-0.3, -0.25) is 9.59 Å². The Morgan fingerprint density at radius 3 is 2.14 bits per heavy atom. The molecule has 2 rings (SSSR count). The maximum absolute atomic E-state index is 11.9. The molecular formula is C21H32BNO6. The zero-order valence-electron chi connectivity index (χ0n) is 18.4. The molecule has 0 radical (unpaired) electrons. The Morgan fingerprint density at radius 1 is 1.07 bits per heavy atom. The van der Waals surface area contributed by atoms with Crippen LogP contribution >= 0.6 is 0 Å². The van der Waals surface area contributed by atoms with Gasteiger partial charge in [0.1, 0.15) is 5.60 Å². The number of rotatable bonds is 7. The molecule has 1 heterocycles. The second kappa shape index (κ2) is 8.46. The molecule has 0 unspecified atom stereocenters. The van der Waals surface area contributed by atoms with Crippen LogP contribution in [0.2, 0.25) is 0 Å². The van der Waals surface area contributed by atoms with Crippen molar-refractivity contribution in [3.8, 4) is 0 Å². The molecule has 0 aliphatic carbocycles. The smallest absolute Gasteiger partial charge is 0.481 e. The number of esters is 1. The van der Waals surface area contributed by atoms with Gasteiger partial charge < -0.3 is 24.5 Å². The third-order valence-corrected chi connectivity index (χ3v) is 4.97. The van der Waals surface area contributed by atoms with Crippen LogP contribution in [0.15, 0.2) is 18.2 Å². The third kappa shape index (κ3) is 6.55. The third-order valence-electron chi connectivity index (χ3n) is 4.97. The molecule has 0 bridgehead atoms. The van der Waals surface area contributed by atoms with Crippen LogP contribution in [0.25, 0.3) is 0 Å². The van der Waals surface area contributed by atoms with Crippen molar-refractivity contribution in [3.63, 3.8) is 0 Å². The van der Waals surface area contributed by atoms with E-state index in [1.807, 2.05) is 60.6 Å². The van der Waals surface area contributed by atoms with E-state index in [1.165, 1.54) is 0 Å². The predicted octanol–water partition coefficient (Wildman–Crippen LogP) is 2.04. The van der Waals surface area contributed by atoms with Crippen LogP contribution in [0.5, 0.6) is 0 Å². The van der Waals surface area contributed by atoms with Crippen LogP contribution in [0.4, 0.5) is 0 Å². The van der Waals surface area contributed by atoms with Gasteiger partial charge in [0.15, 0.2) is 0 Å². The molecule has 0 aromatic heterocycles. The van der Waals surface area contributed by atoms with E-state index in [-0.39, 0.29) is 18.9 Å². The van der Waals surface area contributed by atoms with E-state index in [2.05, 4.69) is 5.32 Å². The molecule has 1 aliphatic rings. The normalized spacial score (nSPS) is 18.0. The molecule has 2 N–H and O–H groups in total. The summed E-state index contributed by atoms with van der Waals surface area (Å²) in [5.74, 6) is -1.26. The Labute approximate surface area is 173 Å². The summed E-state index contributed by atoms with van der Waals surface area (Å²) >= 11 is 0. The first-order chi connectivity index (χ1) is 13.2. The standard InChI is InChI=1S/C21H32BNO6/c1-19(2,3)27-18(26)13-23-12-15-8-14(11-17(24)25)9-16(10-15)22-28-20(4,5)21(6,7)29-22/h8-10,23H,11-13H2,1-7H3,(H,24,25). The first-order valence-electron chi connectivity index (χ1n) is 9.81. The molecule has 1 aliphatic heterocycles. The van der Waals surface area contributed by atoms with Crippen LogP contribution < -0.4 is 10.8 Å². The summed E-state index contributed by atoms with van der Waals surface area (Å²) in [6.07, 6.45) is -0.105. The Hall–Kier alpha value is -1.90. The molecule has 7 nitrogen and oxygen atoms in total. The topological polar surface area (TPSA) is 94.1 Å². The number of ether oxygens (including phenoxy) is 1. The predicted molar refractivity (Wildman–Crippen MR) is 111 cm³/mol. The molecule has 160 valence electrons. The Morgan fingerprint density at radius 2 is 1.62 bits per heavy atom. The van der Waals surface area contributed by atoms with Crippen LogP contribution in [-0.2, 0) is 36.6 Å². The molecule has 1 fully saturated rings. The number of carboxylic acids is 1. The Kier molecular flexibility index (Phi) is 6.82. The van der Waals surface area contributed by atoms with Crippen molar-refractivity contribution in [1.29, 1.82) is 0 Å². The zero-order chi connectivity index (χ0) is 22.0. The van der Waals surface area contributed by atoms with Crippen LogP contribution in [0.3, 0.4) is 0 Å². The largest absolute Gasteiger partial charge is 0.494 e. The second-order valence-electron chi connectivity index (χ2n) is 9.43. The van der Waals surface area contributed by atoms with Crippen molar-refractivity contribution < 1.29 is 28.7 Å². The van der Waals surface area contributed by atoms with E-state index < -0.39 is 29.9 Å².